The molecule has 9 heteroatoms. The smallest absolute Gasteiger partial charge is 0.353 e. The lowest BCUT2D eigenvalue weighted by Gasteiger charge is -2.19. The molecule has 180 valence electrons. The molecule has 4 rings (SSSR count). The van der Waals surface area contributed by atoms with Gasteiger partial charge < -0.3 is 19.1 Å². The van der Waals surface area contributed by atoms with Gasteiger partial charge in [-0.3, -0.25) is 14.4 Å². The van der Waals surface area contributed by atoms with Crippen molar-refractivity contribution in [2.24, 2.45) is 5.92 Å². The maximum Gasteiger partial charge on any atom is 0.353 e. The average Bonchev–Trinajstić information content (AvgIpc) is 3.54. The highest BCUT2D eigenvalue weighted by Crippen LogP contribution is 2.33. The van der Waals surface area contributed by atoms with E-state index in [0.717, 1.165) is 0 Å². The molecule has 2 heterocycles. The van der Waals surface area contributed by atoms with Crippen molar-refractivity contribution in [2.45, 2.75) is 13.3 Å². The molecule has 0 aliphatic carbocycles. The second kappa shape index (κ2) is 11.0. The van der Waals surface area contributed by atoms with Crippen molar-refractivity contribution in [2.75, 3.05) is 24.7 Å². The van der Waals surface area contributed by atoms with Crippen molar-refractivity contribution in [1.82, 2.24) is 0 Å². The Kier molecular flexibility index (Phi) is 7.57. The van der Waals surface area contributed by atoms with E-state index in [1.807, 2.05) is 13.0 Å². The van der Waals surface area contributed by atoms with Crippen molar-refractivity contribution in [3.05, 3.63) is 76.5 Å². The number of Topliss-reactive ketones (excluding diaryl/α,β-unsaturated/α-hetero) is 1. The number of anilines is 1. The first-order chi connectivity index (χ1) is 17.0. The summed E-state index contributed by atoms with van der Waals surface area (Å²) >= 11 is 1.27. The minimum absolute atomic E-state index is 0.00219. The second-order valence-corrected chi connectivity index (χ2v) is 8.68. The summed E-state index contributed by atoms with van der Waals surface area (Å²) in [4.78, 5) is 51.6. The molecule has 1 amide bonds. The van der Waals surface area contributed by atoms with Crippen LogP contribution in [-0.2, 0) is 14.3 Å². The molecule has 1 atom stereocenters. The molecule has 2 aromatic carbocycles. The number of para-hydroxylation sites is 2. The molecular weight excluding hydrogens is 470 g/mol. The van der Waals surface area contributed by atoms with Gasteiger partial charge in [0.15, 0.2) is 12.4 Å². The van der Waals surface area contributed by atoms with E-state index in [1.54, 1.807) is 35.7 Å². The Morgan fingerprint density at radius 1 is 1.03 bits per heavy atom. The zero-order valence-corrected chi connectivity index (χ0v) is 19.8. The number of ketones is 1. The Morgan fingerprint density at radius 3 is 2.51 bits per heavy atom. The van der Waals surface area contributed by atoms with Crippen LogP contribution in [0.4, 0.5) is 5.69 Å². The molecule has 0 N–H and O–H groups in total. The summed E-state index contributed by atoms with van der Waals surface area (Å²) in [5, 5.41) is 1.78. The number of carbonyl (C=O) groups is 4. The molecule has 0 saturated carbocycles. The summed E-state index contributed by atoms with van der Waals surface area (Å²) in [6.07, 6.45) is -0.00219. The van der Waals surface area contributed by atoms with Gasteiger partial charge in [-0.15, -0.1) is 11.3 Å². The SMILES string of the molecule is CCOc1ccccc1N1C[C@@H](C(=O)OCC(=O)c2ccc(OC(=O)c3cccs3)cc2)CC1=O. The standard InChI is InChI=1S/C26H23NO7S/c1-2-32-22-7-4-3-6-20(22)27-15-18(14-24(27)29)25(30)33-16-21(28)17-9-11-19(12-10-17)34-26(31)23-8-5-13-35-23/h3-13,18H,2,14-16H2,1H3/t18-/m0/s1. The van der Waals surface area contributed by atoms with Crippen molar-refractivity contribution in [3.8, 4) is 11.5 Å². The predicted molar refractivity (Wildman–Crippen MR) is 129 cm³/mol. The molecule has 1 fully saturated rings. The first kappa shape index (κ1) is 24.2. The average molecular weight is 494 g/mol. The summed E-state index contributed by atoms with van der Waals surface area (Å²) in [7, 11) is 0. The van der Waals surface area contributed by atoms with Gasteiger partial charge in [-0.25, -0.2) is 4.79 Å². The molecule has 1 aliphatic rings. The number of carbonyl (C=O) groups excluding carboxylic acids is 4. The highest BCUT2D eigenvalue weighted by atomic mass is 32.1. The molecule has 8 nitrogen and oxygen atoms in total. The summed E-state index contributed by atoms with van der Waals surface area (Å²) in [6.45, 7) is 2.00. The van der Waals surface area contributed by atoms with Crippen molar-refractivity contribution in [1.29, 1.82) is 0 Å². The van der Waals surface area contributed by atoms with Crippen molar-refractivity contribution >= 4 is 40.7 Å². The van der Waals surface area contributed by atoms with Gasteiger partial charge in [0.05, 0.1) is 18.2 Å². The van der Waals surface area contributed by atoms with Crippen LogP contribution in [0.2, 0.25) is 0 Å². The lowest BCUT2D eigenvalue weighted by molar-refractivity contribution is -0.147. The third-order valence-corrected chi connectivity index (χ3v) is 6.22. The van der Waals surface area contributed by atoms with Gasteiger partial charge in [0, 0.05) is 18.5 Å². The Bertz CT molecular complexity index is 1220. The monoisotopic (exact) mass is 493 g/mol. The zero-order valence-electron chi connectivity index (χ0n) is 19.0. The molecular formula is C26H23NO7S. The number of thiophene rings is 1. The maximum absolute atomic E-state index is 12.6. The van der Waals surface area contributed by atoms with Crippen LogP contribution in [0.1, 0.15) is 33.4 Å². The first-order valence-electron chi connectivity index (χ1n) is 11.0. The van der Waals surface area contributed by atoms with Gasteiger partial charge in [-0.2, -0.15) is 0 Å². The fourth-order valence-corrected chi connectivity index (χ4v) is 4.25. The van der Waals surface area contributed by atoms with Crippen LogP contribution < -0.4 is 14.4 Å². The largest absolute Gasteiger partial charge is 0.492 e. The molecule has 1 saturated heterocycles. The Labute approximate surface area is 206 Å². The number of rotatable bonds is 9. The third kappa shape index (κ3) is 5.75. The van der Waals surface area contributed by atoms with Gasteiger partial charge in [0.2, 0.25) is 5.91 Å². The van der Waals surface area contributed by atoms with Crippen LogP contribution in [0.3, 0.4) is 0 Å². The summed E-state index contributed by atoms with van der Waals surface area (Å²) in [6, 6.07) is 16.6. The second-order valence-electron chi connectivity index (χ2n) is 7.73. The van der Waals surface area contributed by atoms with Crippen molar-refractivity contribution in [3.63, 3.8) is 0 Å². The van der Waals surface area contributed by atoms with Crippen LogP contribution in [0.5, 0.6) is 11.5 Å². The van der Waals surface area contributed by atoms with Crippen LogP contribution in [0.15, 0.2) is 66.0 Å². The number of benzene rings is 2. The lowest BCUT2D eigenvalue weighted by Crippen LogP contribution is -2.27. The summed E-state index contributed by atoms with van der Waals surface area (Å²) in [5.74, 6) is -1.51. The number of amides is 1. The zero-order chi connectivity index (χ0) is 24.8. The fourth-order valence-electron chi connectivity index (χ4n) is 3.65. The summed E-state index contributed by atoms with van der Waals surface area (Å²) < 4.78 is 16.1. The van der Waals surface area contributed by atoms with E-state index in [9.17, 15) is 19.2 Å². The third-order valence-electron chi connectivity index (χ3n) is 5.37. The number of esters is 2. The fraction of sp³-hybridized carbons (Fsp3) is 0.231. The molecule has 1 aromatic heterocycles. The molecule has 0 bridgehead atoms. The Morgan fingerprint density at radius 2 is 1.80 bits per heavy atom. The maximum atomic E-state index is 12.6. The number of ether oxygens (including phenoxy) is 3. The topological polar surface area (TPSA) is 99.2 Å². The van der Waals surface area contributed by atoms with Gasteiger partial charge in [-0.05, 0) is 54.8 Å². The van der Waals surface area contributed by atoms with E-state index in [0.29, 0.717) is 34.2 Å². The van der Waals surface area contributed by atoms with E-state index >= 15 is 0 Å². The van der Waals surface area contributed by atoms with Crippen molar-refractivity contribution < 1.29 is 33.4 Å². The van der Waals surface area contributed by atoms with E-state index in [4.69, 9.17) is 14.2 Å². The quantitative estimate of drug-likeness (QED) is 0.251. The van der Waals surface area contributed by atoms with Gasteiger partial charge >= 0.3 is 11.9 Å². The summed E-state index contributed by atoms with van der Waals surface area (Å²) in [5.41, 5.74) is 0.911. The van der Waals surface area contributed by atoms with Gasteiger partial charge in [0.1, 0.15) is 16.4 Å². The lowest BCUT2D eigenvalue weighted by atomic mass is 10.1. The van der Waals surface area contributed by atoms with Crippen LogP contribution in [-0.4, -0.2) is 43.4 Å². The van der Waals surface area contributed by atoms with E-state index in [1.165, 1.54) is 40.5 Å². The molecule has 0 spiro atoms. The Balaban J connectivity index is 1.30. The minimum atomic E-state index is -0.677. The molecule has 0 unspecified atom stereocenters. The molecule has 3 aromatic rings. The highest BCUT2D eigenvalue weighted by molar-refractivity contribution is 7.12. The minimum Gasteiger partial charge on any atom is -0.492 e. The molecule has 0 radical (unpaired) electrons. The predicted octanol–water partition coefficient (Wildman–Crippen LogP) is 4.15. The van der Waals surface area contributed by atoms with E-state index < -0.39 is 30.2 Å². The number of hydrogen-bond donors (Lipinski definition) is 0. The first-order valence-corrected chi connectivity index (χ1v) is 11.9. The Hall–Kier alpha value is -3.98. The number of nitrogens with zero attached hydrogens (tertiary/aromatic N) is 1. The van der Waals surface area contributed by atoms with Gasteiger partial charge in [0.25, 0.3) is 0 Å². The van der Waals surface area contributed by atoms with Gasteiger partial charge in [-0.1, -0.05) is 18.2 Å². The molecule has 1 aliphatic heterocycles. The van der Waals surface area contributed by atoms with Crippen LogP contribution in [0, 0.1) is 5.92 Å². The van der Waals surface area contributed by atoms with Crippen LogP contribution in [0.25, 0.3) is 0 Å². The molecule has 35 heavy (non-hydrogen) atoms. The number of hydrogen-bond acceptors (Lipinski definition) is 8. The van der Waals surface area contributed by atoms with E-state index in [-0.39, 0.29) is 18.9 Å². The normalized spacial score (nSPS) is 15.1. The highest BCUT2D eigenvalue weighted by Gasteiger charge is 2.37. The van der Waals surface area contributed by atoms with E-state index in [2.05, 4.69) is 0 Å². The van der Waals surface area contributed by atoms with Crippen LogP contribution >= 0.6 is 11.3 Å².